The molecule has 0 aliphatic carbocycles. The second kappa shape index (κ2) is 6.34. The van der Waals surface area contributed by atoms with Gasteiger partial charge in [0.25, 0.3) is 11.4 Å². The molecule has 2 atom stereocenters. The minimum Gasteiger partial charge on any atom is -0.329 e. The van der Waals surface area contributed by atoms with E-state index < -0.39 is 26.3 Å². The molecule has 0 saturated carbocycles. The van der Waals surface area contributed by atoms with E-state index in [4.69, 9.17) is 5.73 Å². The van der Waals surface area contributed by atoms with Gasteiger partial charge in [0, 0.05) is 34.2 Å². The first-order chi connectivity index (χ1) is 8.86. The highest BCUT2D eigenvalue weighted by Gasteiger charge is 2.21. The van der Waals surface area contributed by atoms with E-state index in [1.165, 1.54) is 6.07 Å². The van der Waals surface area contributed by atoms with E-state index in [2.05, 4.69) is 0 Å². The summed E-state index contributed by atoms with van der Waals surface area (Å²) in [4.78, 5) is 20.0. The topological polar surface area (TPSA) is 129 Å². The van der Waals surface area contributed by atoms with Crippen molar-refractivity contribution in [3.05, 3.63) is 44.0 Å². The van der Waals surface area contributed by atoms with Crippen molar-refractivity contribution in [3.63, 3.8) is 0 Å². The van der Waals surface area contributed by atoms with Crippen LogP contribution in [0.3, 0.4) is 0 Å². The second-order valence-electron chi connectivity index (χ2n) is 3.90. The van der Waals surface area contributed by atoms with Gasteiger partial charge in [-0.05, 0) is 13.0 Å². The summed E-state index contributed by atoms with van der Waals surface area (Å²) in [6, 6.07) is 3.30. The number of nitro groups is 2. The molecule has 104 valence electrons. The molecule has 0 aliphatic rings. The van der Waals surface area contributed by atoms with E-state index in [0.29, 0.717) is 0 Å². The molecule has 0 heterocycles. The van der Waals surface area contributed by atoms with Crippen molar-refractivity contribution in [1.82, 2.24) is 0 Å². The van der Waals surface area contributed by atoms with Crippen molar-refractivity contribution in [2.45, 2.75) is 17.9 Å². The first-order valence-corrected chi connectivity index (χ1v) is 6.74. The Morgan fingerprint density at radius 2 is 1.95 bits per heavy atom. The molecule has 0 spiro atoms. The van der Waals surface area contributed by atoms with Crippen LogP contribution in [0.4, 0.5) is 11.4 Å². The van der Waals surface area contributed by atoms with Crippen LogP contribution in [0.2, 0.25) is 0 Å². The summed E-state index contributed by atoms with van der Waals surface area (Å²) < 4.78 is 11.8. The van der Waals surface area contributed by atoms with Crippen LogP contribution in [0.25, 0.3) is 0 Å². The summed E-state index contributed by atoms with van der Waals surface area (Å²) in [5, 5.41) is 21.2. The van der Waals surface area contributed by atoms with Gasteiger partial charge in [-0.15, -0.1) is 0 Å². The maximum atomic E-state index is 11.8. The van der Waals surface area contributed by atoms with Crippen molar-refractivity contribution < 1.29 is 14.1 Å². The van der Waals surface area contributed by atoms with Crippen molar-refractivity contribution in [1.29, 1.82) is 0 Å². The minimum absolute atomic E-state index is 0.0489. The predicted octanol–water partition coefficient (Wildman–Crippen LogP) is 1.10. The molecule has 0 saturated heterocycles. The zero-order valence-electron chi connectivity index (χ0n) is 10.1. The van der Waals surface area contributed by atoms with E-state index in [1.807, 2.05) is 0 Å². The Labute approximate surface area is 111 Å². The quantitative estimate of drug-likeness (QED) is 0.616. The van der Waals surface area contributed by atoms with Gasteiger partial charge in [-0.2, -0.15) is 0 Å². The van der Waals surface area contributed by atoms with Gasteiger partial charge in [0.05, 0.1) is 21.7 Å². The Kier molecular flexibility index (Phi) is 5.07. The predicted molar refractivity (Wildman–Crippen MR) is 70.1 cm³/mol. The van der Waals surface area contributed by atoms with Crippen LogP contribution in [0.15, 0.2) is 18.2 Å². The number of nitrogens with two attached hydrogens (primary N) is 1. The number of hydrogen-bond donors (Lipinski definition) is 1. The molecular formula is C10H13N3O5S. The highest BCUT2D eigenvalue weighted by molar-refractivity contribution is 7.84. The van der Waals surface area contributed by atoms with Gasteiger partial charge < -0.3 is 5.73 Å². The maximum Gasteiger partial charge on any atom is 0.280 e. The van der Waals surface area contributed by atoms with Crippen LogP contribution in [-0.2, 0) is 16.6 Å². The third-order valence-corrected chi connectivity index (χ3v) is 4.24. The molecule has 2 N–H and O–H groups in total. The van der Waals surface area contributed by atoms with Gasteiger partial charge in [-0.25, -0.2) is 0 Å². The molecule has 9 heteroatoms. The number of nitrogens with zero attached hydrogens (tertiary/aromatic N) is 2. The molecule has 0 bridgehead atoms. The second-order valence-corrected chi connectivity index (χ2v) is 5.75. The van der Waals surface area contributed by atoms with Crippen LogP contribution < -0.4 is 5.73 Å². The lowest BCUT2D eigenvalue weighted by atomic mass is 10.2. The number of nitro benzene ring substituents is 2. The van der Waals surface area contributed by atoms with Gasteiger partial charge in [-0.1, -0.05) is 0 Å². The lowest BCUT2D eigenvalue weighted by Gasteiger charge is -2.08. The van der Waals surface area contributed by atoms with Gasteiger partial charge in [0.15, 0.2) is 0 Å². The van der Waals surface area contributed by atoms with Gasteiger partial charge in [-0.3, -0.25) is 24.4 Å². The van der Waals surface area contributed by atoms with Crippen molar-refractivity contribution in [2.24, 2.45) is 5.73 Å². The Balaban J connectivity index is 3.10. The van der Waals surface area contributed by atoms with Gasteiger partial charge in [0.1, 0.15) is 0 Å². The zero-order chi connectivity index (χ0) is 14.6. The summed E-state index contributed by atoms with van der Waals surface area (Å²) in [7, 11) is -1.36. The summed E-state index contributed by atoms with van der Waals surface area (Å²) in [6.07, 6.45) is 0. The Morgan fingerprint density at radius 1 is 1.32 bits per heavy atom. The normalized spacial score (nSPS) is 13.8. The average Bonchev–Trinajstić information content (AvgIpc) is 2.37. The van der Waals surface area contributed by atoms with Gasteiger partial charge in [0.2, 0.25) is 0 Å². The summed E-state index contributed by atoms with van der Waals surface area (Å²) in [5.41, 5.74) is 4.81. The van der Waals surface area contributed by atoms with Crippen LogP contribution in [-0.4, -0.2) is 25.9 Å². The maximum absolute atomic E-state index is 11.8. The average molecular weight is 287 g/mol. The lowest BCUT2D eigenvalue weighted by Crippen LogP contribution is -2.23. The molecule has 0 amide bonds. The van der Waals surface area contributed by atoms with Crippen LogP contribution in [0.1, 0.15) is 12.5 Å². The molecule has 1 aromatic carbocycles. The molecular weight excluding hydrogens is 274 g/mol. The third-order valence-electron chi connectivity index (χ3n) is 2.55. The molecule has 8 nitrogen and oxygen atoms in total. The number of hydrogen-bond acceptors (Lipinski definition) is 6. The van der Waals surface area contributed by atoms with Crippen molar-refractivity contribution in [2.75, 3.05) is 6.54 Å². The number of rotatable bonds is 6. The molecule has 2 unspecified atom stereocenters. The Bertz CT molecular complexity index is 534. The Morgan fingerprint density at radius 3 is 2.42 bits per heavy atom. The van der Waals surface area contributed by atoms with Crippen LogP contribution in [0, 0.1) is 20.2 Å². The van der Waals surface area contributed by atoms with Gasteiger partial charge >= 0.3 is 0 Å². The third kappa shape index (κ3) is 3.80. The fourth-order valence-corrected chi connectivity index (χ4v) is 2.41. The van der Waals surface area contributed by atoms with Crippen molar-refractivity contribution >= 4 is 22.2 Å². The van der Waals surface area contributed by atoms with E-state index >= 15 is 0 Å². The zero-order valence-corrected chi connectivity index (χ0v) is 11.0. The SMILES string of the molecule is CC(CN)S(=O)Cc1ccc([N+](=O)[O-])cc1[N+](=O)[O-]. The first kappa shape index (κ1) is 15.2. The van der Waals surface area contributed by atoms with E-state index in [1.54, 1.807) is 6.92 Å². The summed E-state index contributed by atoms with van der Waals surface area (Å²) in [5.74, 6) is -0.0489. The van der Waals surface area contributed by atoms with E-state index in [-0.39, 0.29) is 28.8 Å². The van der Waals surface area contributed by atoms with E-state index in [9.17, 15) is 24.4 Å². The monoisotopic (exact) mass is 287 g/mol. The fourth-order valence-electron chi connectivity index (χ4n) is 1.36. The Hall–Kier alpha value is -1.87. The first-order valence-electron chi connectivity index (χ1n) is 5.35. The van der Waals surface area contributed by atoms with Crippen LogP contribution >= 0.6 is 0 Å². The number of benzene rings is 1. The van der Waals surface area contributed by atoms with E-state index in [0.717, 1.165) is 12.1 Å². The smallest absolute Gasteiger partial charge is 0.280 e. The summed E-state index contributed by atoms with van der Waals surface area (Å²) >= 11 is 0. The fraction of sp³-hybridized carbons (Fsp3) is 0.400. The summed E-state index contributed by atoms with van der Waals surface area (Å²) in [6.45, 7) is 1.88. The molecule has 19 heavy (non-hydrogen) atoms. The minimum atomic E-state index is -1.36. The standard InChI is InChI=1S/C10H13N3O5S/c1-7(5-11)19(18)6-8-2-3-9(12(14)15)4-10(8)13(16)17/h2-4,7H,5-6,11H2,1H3. The molecule has 1 rings (SSSR count). The number of non-ortho nitro benzene ring substituents is 1. The highest BCUT2D eigenvalue weighted by Crippen LogP contribution is 2.26. The highest BCUT2D eigenvalue weighted by atomic mass is 32.2. The lowest BCUT2D eigenvalue weighted by molar-refractivity contribution is -0.394. The molecule has 1 aromatic rings. The molecule has 0 fully saturated rings. The van der Waals surface area contributed by atoms with Crippen LogP contribution in [0.5, 0.6) is 0 Å². The molecule has 0 aromatic heterocycles. The molecule has 0 radical (unpaired) electrons. The largest absolute Gasteiger partial charge is 0.329 e. The molecule has 0 aliphatic heterocycles. The van der Waals surface area contributed by atoms with Crippen molar-refractivity contribution in [3.8, 4) is 0 Å².